The molecule has 3 N–H and O–H groups in total. The summed E-state index contributed by atoms with van der Waals surface area (Å²) in [5.74, 6) is -3.55. The number of pyridine rings is 1. The summed E-state index contributed by atoms with van der Waals surface area (Å²) in [6.45, 7) is 1.34. The number of Topliss-reactive ketones (excluding diaryl/α,β-unsaturated/α-hetero) is 1. The number of carbonyl (C=O) groups excluding carboxylic acids is 4. The van der Waals surface area contributed by atoms with E-state index in [0.717, 1.165) is 36.1 Å². The van der Waals surface area contributed by atoms with Gasteiger partial charge in [0, 0.05) is 65.0 Å². The summed E-state index contributed by atoms with van der Waals surface area (Å²) in [5, 5.41) is 16.8. The van der Waals surface area contributed by atoms with E-state index in [9.17, 15) is 19.2 Å². The molecule has 18 heteroatoms. The first-order valence-electron chi connectivity index (χ1n) is 20.8. The second-order valence-corrected chi connectivity index (χ2v) is 16.3. The maximum absolute atomic E-state index is 16.9. The first-order chi connectivity index (χ1) is 30.6. The van der Waals surface area contributed by atoms with Gasteiger partial charge >= 0.3 is 0 Å². The molecular formula is C45H43ClF2N8O7. The Balaban J connectivity index is 0.872. The maximum Gasteiger partial charge on any atom is 0.255 e. The zero-order valence-electron chi connectivity index (χ0n) is 34.2. The van der Waals surface area contributed by atoms with Crippen molar-refractivity contribution in [2.45, 2.75) is 62.9 Å². The molecule has 1 unspecified atom stereocenters. The normalized spacial score (nSPS) is 20.4. The number of nitrogens with zero attached hydrogens (tertiary/aromatic N) is 5. The van der Waals surface area contributed by atoms with E-state index < -0.39 is 40.8 Å². The Hall–Kier alpha value is -6.14. The molecule has 4 aliphatic heterocycles. The second kappa shape index (κ2) is 17.6. The fraction of sp³-hybridized carbons (Fsp3) is 0.356. The topological polar surface area (TPSA) is 179 Å². The van der Waals surface area contributed by atoms with Crippen LogP contribution >= 0.6 is 11.6 Å². The monoisotopic (exact) mass is 880 g/mol. The molecule has 2 saturated heterocycles. The van der Waals surface area contributed by atoms with Crippen LogP contribution in [0.15, 0.2) is 67.0 Å². The van der Waals surface area contributed by atoms with Gasteiger partial charge in [-0.2, -0.15) is 0 Å². The van der Waals surface area contributed by atoms with Crippen LogP contribution in [0.3, 0.4) is 0 Å². The van der Waals surface area contributed by atoms with Crippen LogP contribution in [0.5, 0.6) is 11.6 Å². The third-order valence-corrected chi connectivity index (χ3v) is 12.4. The summed E-state index contributed by atoms with van der Waals surface area (Å²) in [7, 11) is 1.59. The number of fused-ring (bicyclic) bond motifs is 2. The van der Waals surface area contributed by atoms with Crippen molar-refractivity contribution in [3.05, 3.63) is 111 Å². The lowest BCUT2D eigenvalue weighted by molar-refractivity contribution is -0.136. The van der Waals surface area contributed by atoms with E-state index in [0.29, 0.717) is 23.4 Å². The molecule has 0 spiro atoms. The number of ketones is 1. The van der Waals surface area contributed by atoms with Gasteiger partial charge in [0.1, 0.15) is 29.9 Å². The zero-order chi connectivity index (χ0) is 43.8. The van der Waals surface area contributed by atoms with Gasteiger partial charge in [-0.15, -0.1) is 5.10 Å². The molecule has 63 heavy (non-hydrogen) atoms. The highest BCUT2D eigenvalue weighted by Gasteiger charge is 2.50. The van der Waals surface area contributed by atoms with Crippen LogP contribution in [0.2, 0.25) is 5.02 Å². The number of hydrogen-bond donors (Lipinski definition) is 3. The van der Waals surface area contributed by atoms with Crippen LogP contribution in [0.4, 0.5) is 8.78 Å². The molecular weight excluding hydrogens is 838 g/mol. The number of rotatable bonds is 15. The smallest absolute Gasteiger partial charge is 0.255 e. The lowest BCUT2D eigenvalue weighted by Gasteiger charge is -2.35. The Kier molecular flexibility index (Phi) is 11.8. The number of likely N-dealkylation sites (N-methyl/N-ethyl adjacent to an activating group) is 1. The number of ether oxygens (including phenoxy) is 3. The third-order valence-electron chi connectivity index (χ3n) is 12.1. The average molecular weight is 881 g/mol. The number of carbonyl (C=O) groups is 4. The molecule has 4 aliphatic rings. The molecule has 6 heterocycles. The summed E-state index contributed by atoms with van der Waals surface area (Å²) in [4.78, 5) is 56.3. The van der Waals surface area contributed by atoms with Gasteiger partial charge in [-0.25, -0.2) is 18.4 Å². The van der Waals surface area contributed by atoms with E-state index in [1.165, 1.54) is 17.2 Å². The first-order valence-corrected chi connectivity index (χ1v) is 21.2. The maximum atomic E-state index is 16.9. The molecule has 9 rings (SSSR count). The lowest BCUT2D eigenvalue weighted by Crippen LogP contribution is -2.52. The summed E-state index contributed by atoms with van der Waals surface area (Å²) < 4.78 is 52.5. The van der Waals surface area contributed by atoms with E-state index in [1.54, 1.807) is 30.1 Å². The minimum absolute atomic E-state index is 0.0118. The fourth-order valence-corrected chi connectivity index (χ4v) is 9.30. The van der Waals surface area contributed by atoms with E-state index in [2.05, 4.69) is 31.2 Å². The number of imide groups is 1. The van der Waals surface area contributed by atoms with Crippen molar-refractivity contribution < 1.29 is 42.2 Å². The zero-order valence-corrected chi connectivity index (χ0v) is 35.0. The van der Waals surface area contributed by atoms with Crippen molar-refractivity contribution in [3.63, 3.8) is 0 Å². The predicted molar refractivity (Wildman–Crippen MR) is 224 cm³/mol. The van der Waals surface area contributed by atoms with E-state index in [4.69, 9.17) is 25.8 Å². The van der Waals surface area contributed by atoms with Crippen LogP contribution in [-0.2, 0) is 39.4 Å². The summed E-state index contributed by atoms with van der Waals surface area (Å²) >= 11 is 6.74. The van der Waals surface area contributed by atoms with Crippen LogP contribution in [0, 0.1) is 11.6 Å². The number of hydrogen-bond acceptors (Lipinski definition) is 12. The molecule has 3 atom stereocenters. The van der Waals surface area contributed by atoms with E-state index >= 15 is 8.78 Å². The van der Waals surface area contributed by atoms with Crippen molar-refractivity contribution >= 4 is 35.1 Å². The van der Waals surface area contributed by atoms with E-state index in [-0.39, 0.29) is 97.5 Å². The van der Waals surface area contributed by atoms with Crippen molar-refractivity contribution in [1.29, 1.82) is 0 Å². The van der Waals surface area contributed by atoms with Gasteiger partial charge in [-0.1, -0.05) is 53.2 Å². The molecule has 0 saturated carbocycles. The SMILES string of the molecule is CNCC(=O)c1cnc(OCCOCCn2cc(-c3ccc4c(c3)CN(C3CCC(=O)NC3=O)C4=O)nn2)c(F)c1-c1c(Cl)c(F)cc2c1C[C@](c1ccccc1)([C@@H]1CCCN1)O2. The van der Waals surface area contributed by atoms with Crippen molar-refractivity contribution in [3.8, 4) is 34.0 Å². The fourth-order valence-electron chi connectivity index (χ4n) is 9.04. The molecule has 326 valence electrons. The molecule has 0 bridgehead atoms. The number of nitrogens with one attached hydrogen (secondary N) is 3. The standard InChI is InChI=1S/C45H43ClF2N8O7/c1-49-22-34(57)30-21-51-43(41(48)39(30)38-29-20-45(36-8-5-13-50-36,27-6-3-2-4-7-27)63-35(29)19-31(47)40(38)46)62-17-16-61-15-14-55-24-32(53-54-55)25-9-10-28-26(18-25)23-56(44(28)60)33-11-12-37(58)52-42(33)59/h2-4,6-7,9-10,18-19,21,24,33,36,49-50H,5,8,11-17,20,22-23H2,1H3,(H,52,58,59)/t33?,36-,45-/m0/s1. The van der Waals surface area contributed by atoms with Crippen LogP contribution < -0.4 is 25.4 Å². The number of amides is 3. The summed E-state index contributed by atoms with van der Waals surface area (Å²) in [5.41, 5.74) is 2.64. The average Bonchev–Trinajstić information content (AvgIpc) is 4.11. The highest BCUT2D eigenvalue weighted by atomic mass is 35.5. The molecule has 0 aliphatic carbocycles. The minimum Gasteiger partial charge on any atom is -0.480 e. The Bertz CT molecular complexity index is 2620. The molecule has 3 amide bonds. The number of aromatic nitrogens is 4. The first kappa shape index (κ1) is 42.2. The molecule has 15 nitrogen and oxygen atoms in total. The third kappa shape index (κ3) is 7.94. The van der Waals surface area contributed by atoms with Crippen LogP contribution in [0.1, 0.15) is 63.1 Å². The number of halogens is 3. The van der Waals surface area contributed by atoms with Crippen LogP contribution in [0.25, 0.3) is 22.4 Å². The molecule has 2 aromatic heterocycles. The molecule has 5 aromatic rings. The van der Waals surface area contributed by atoms with Gasteiger partial charge in [0.2, 0.25) is 11.8 Å². The highest BCUT2D eigenvalue weighted by Crippen LogP contribution is 2.52. The Morgan fingerprint density at radius 1 is 1.06 bits per heavy atom. The molecule has 2 fully saturated rings. The highest BCUT2D eigenvalue weighted by molar-refractivity contribution is 6.34. The molecule has 0 radical (unpaired) electrons. The minimum atomic E-state index is -0.974. The number of benzene rings is 3. The van der Waals surface area contributed by atoms with Crippen LogP contribution in [-0.4, -0.2) is 100 Å². The number of piperidine rings is 1. The van der Waals surface area contributed by atoms with Gasteiger partial charge in [0.05, 0.1) is 43.6 Å². The summed E-state index contributed by atoms with van der Waals surface area (Å²) in [6, 6.07) is 15.3. The lowest BCUT2D eigenvalue weighted by atomic mass is 9.80. The van der Waals surface area contributed by atoms with Gasteiger partial charge in [0.15, 0.2) is 17.2 Å². The Morgan fingerprint density at radius 3 is 2.68 bits per heavy atom. The predicted octanol–water partition coefficient (Wildman–Crippen LogP) is 4.78. The van der Waals surface area contributed by atoms with Gasteiger partial charge in [-0.05, 0) is 56.1 Å². The molecule has 3 aromatic carbocycles. The Labute approximate surface area is 365 Å². The second-order valence-electron chi connectivity index (χ2n) is 15.9. The van der Waals surface area contributed by atoms with Crippen molar-refractivity contribution in [2.75, 3.05) is 40.0 Å². The largest absolute Gasteiger partial charge is 0.480 e. The Morgan fingerprint density at radius 2 is 1.90 bits per heavy atom. The quantitative estimate of drug-likeness (QED) is 0.0746. The van der Waals surface area contributed by atoms with Gasteiger partial charge in [-0.3, -0.25) is 24.5 Å². The van der Waals surface area contributed by atoms with E-state index in [1.807, 2.05) is 36.4 Å². The van der Waals surface area contributed by atoms with Gasteiger partial charge < -0.3 is 29.7 Å². The summed E-state index contributed by atoms with van der Waals surface area (Å²) in [6.07, 6.45) is 5.37. The van der Waals surface area contributed by atoms with Crippen molar-refractivity contribution in [1.82, 2.24) is 40.8 Å². The van der Waals surface area contributed by atoms with Crippen molar-refractivity contribution in [2.24, 2.45) is 0 Å². The van der Waals surface area contributed by atoms with Gasteiger partial charge in [0.25, 0.3) is 11.8 Å².